The van der Waals surface area contributed by atoms with Gasteiger partial charge in [-0.2, -0.15) is 0 Å². The molecule has 0 aliphatic carbocycles. The van der Waals surface area contributed by atoms with E-state index < -0.39 is 0 Å². The molecule has 1 aliphatic rings. The summed E-state index contributed by atoms with van der Waals surface area (Å²) in [5, 5.41) is 3.27. The first-order chi connectivity index (χ1) is 9.20. The molecule has 3 rings (SSSR count). The number of hydrogen-bond donors (Lipinski definition) is 0. The van der Waals surface area contributed by atoms with Crippen molar-refractivity contribution in [1.82, 2.24) is 9.88 Å². The predicted molar refractivity (Wildman–Crippen MR) is 75.9 cm³/mol. The first-order valence-electron chi connectivity index (χ1n) is 6.59. The maximum absolute atomic E-state index is 12.9. The molecule has 2 heterocycles. The Hall–Kier alpha value is -1.26. The molecule has 1 aromatic carbocycles. The fraction of sp³-hybridized carbons (Fsp3) is 0.400. The van der Waals surface area contributed by atoms with Crippen molar-refractivity contribution in [2.75, 3.05) is 13.1 Å². The SMILES string of the molecule is Cc1nc(CN2CCC(c3ccc(F)cc3)C2)cs1. The highest BCUT2D eigenvalue weighted by molar-refractivity contribution is 7.09. The molecule has 1 fully saturated rings. The molecule has 4 heteroatoms. The van der Waals surface area contributed by atoms with Crippen LogP contribution in [0.15, 0.2) is 29.6 Å². The molecule has 0 amide bonds. The number of rotatable bonds is 3. The predicted octanol–water partition coefficient (Wildman–Crippen LogP) is 3.58. The van der Waals surface area contributed by atoms with E-state index in [1.54, 1.807) is 23.5 Å². The standard InChI is InChI=1S/C15H17FN2S/c1-11-17-15(10-19-11)9-18-7-6-13(8-18)12-2-4-14(16)5-3-12/h2-5,10,13H,6-9H2,1H3. The average Bonchev–Trinajstić information content (AvgIpc) is 3.00. The molecule has 2 aromatic rings. The van der Waals surface area contributed by atoms with Gasteiger partial charge >= 0.3 is 0 Å². The van der Waals surface area contributed by atoms with Crippen molar-refractivity contribution in [3.63, 3.8) is 0 Å². The third-order valence-corrected chi connectivity index (χ3v) is 4.49. The maximum Gasteiger partial charge on any atom is 0.123 e. The fourth-order valence-electron chi connectivity index (χ4n) is 2.69. The Balaban J connectivity index is 1.62. The molecule has 2 nitrogen and oxygen atoms in total. The van der Waals surface area contributed by atoms with Gasteiger partial charge in [0.1, 0.15) is 5.82 Å². The summed E-state index contributed by atoms with van der Waals surface area (Å²) in [5.41, 5.74) is 2.42. The van der Waals surface area contributed by atoms with Gasteiger partial charge in [-0.05, 0) is 43.5 Å². The molecule has 0 radical (unpaired) electrons. The van der Waals surface area contributed by atoms with Crippen molar-refractivity contribution in [3.8, 4) is 0 Å². The lowest BCUT2D eigenvalue weighted by atomic mass is 9.99. The van der Waals surface area contributed by atoms with Gasteiger partial charge in [0.15, 0.2) is 0 Å². The summed E-state index contributed by atoms with van der Waals surface area (Å²) < 4.78 is 12.9. The smallest absolute Gasteiger partial charge is 0.123 e. The fourth-order valence-corrected chi connectivity index (χ4v) is 3.30. The lowest BCUT2D eigenvalue weighted by Gasteiger charge is -2.14. The van der Waals surface area contributed by atoms with Crippen LogP contribution in [0.3, 0.4) is 0 Å². The zero-order valence-corrected chi connectivity index (χ0v) is 11.8. The molecule has 0 spiro atoms. The highest BCUT2D eigenvalue weighted by atomic mass is 32.1. The van der Waals surface area contributed by atoms with Gasteiger partial charge in [0.2, 0.25) is 0 Å². The highest BCUT2D eigenvalue weighted by Gasteiger charge is 2.24. The first-order valence-corrected chi connectivity index (χ1v) is 7.47. The summed E-state index contributed by atoms with van der Waals surface area (Å²) in [6.45, 7) is 5.11. The van der Waals surface area contributed by atoms with Gasteiger partial charge in [-0.15, -0.1) is 11.3 Å². The summed E-state index contributed by atoms with van der Waals surface area (Å²) in [4.78, 5) is 6.94. The Labute approximate surface area is 116 Å². The lowest BCUT2D eigenvalue weighted by molar-refractivity contribution is 0.323. The Kier molecular flexibility index (Phi) is 3.62. The van der Waals surface area contributed by atoms with Crippen LogP contribution in [0.5, 0.6) is 0 Å². The van der Waals surface area contributed by atoms with Gasteiger partial charge in [-0.25, -0.2) is 9.37 Å². The van der Waals surface area contributed by atoms with E-state index in [0.29, 0.717) is 5.92 Å². The van der Waals surface area contributed by atoms with Crippen LogP contribution in [-0.2, 0) is 6.54 Å². The third kappa shape index (κ3) is 3.01. The molecule has 1 atom stereocenters. The second-order valence-electron chi connectivity index (χ2n) is 5.13. The molecular weight excluding hydrogens is 259 g/mol. The van der Waals surface area contributed by atoms with Crippen LogP contribution in [0.2, 0.25) is 0 Å². The number of thiazole rings is 1. The Morgan fingerprint density at radius 3 is 2.84 bits per heavy atom. The molecule has 0 saturated carbocycles. The van der Waals surface area contributed by atoms with Crippen LogP contribution in [0.4, 0.5) is 4.39 Å². The maximum atomic E-state index is 12.9. The number of aromatic nitrogens is 1. The van der Waals surface area contributed by atoms with Crippen molar-refractivity contribution < 1.29 is 4.39 Å². The van der Waals surface area contributed by atoms with E-state index in [-0.39, 0.29) is 5.82 Å². The van der Waals surface area contributed by atoms with Crippen LogP contribution in [0.25, 0.3) is 0 Å². The van der Waals surface area contributed by atoms with E-state index in [1.165, 1.54) is 11.3 Å². The summed E-state index contributed by atoms with van der Waals surface area (Å²) in [7, 11) is 0. The van der Waals surface area contributed by atoms with Gasteiger partial charge in [-0.3, -0.25) is 4.90 Å². The quantitative estimate of drug-likeness (QED) is 0.852. The minimum atomic E-state index is -0.156. The Bertz CT molecular complexity index is 550. The summed E-state index contributed by atoms with van der Waals surface area (Å²) in [5.74, 6) is 0.372. The van der Waals surface area contributed by atoms with Crippen LogP contribution >= 0.6 is 11.3 Å². The first kappa shape index (κ1) is 12.8. The van der Waals surface area contributed by atoms with E-state index in [2.05, 4.69) is 15.3 Å². The molecular formula is C15H17FN2S. The topological polar surface area (TPSA) is 16.1 Å². The molecule has 19 heavy (non-hydrogen) atoms. The van der Waals surface area contributed by atoms with Crippen LogP contribution in [0.1, 0.15) is 28.6 Å². The van der Waals surface area contributed by atoms with Gasteiger partial charge in [0.05, 0.1) is 10.7 Å². The molecule has 1 saturated heterocycles. The molecule has 0 N–H and O–H groups in total. The van der Waals surface area contributed by atoms with Gasteiger partial charge < -0.3 is 0 Å². The van der Waals surface area contributed by atoms with Crippen LogP contribution in [-0.4, -0.2) is 23.0 Å². The molecule has 1 aromatic heterocycles. The molecule has 1 aliphatic heterocycles. The van der Waals surface area contributed by atoms with Gasteiger partial charge in [0.25, 0.3) is 0 Å². The second kappa shape index (κ2) is 5.39. The van der Waals surface area contributed by atoms with Gasteiger partial charge in [0, 0.05) is 18.5 Å². The summed E-state index contributed by atoms with van der Waals surface area (Å²) >= 11 is 1.71. The summed E-state index contributed by atoms with van der Waals surface area (Å²) in [6.07, 6.45) is 1.15. The number of aryl methyl sites for hydroxylation is 1. The highest BCUT2D eigenvalue weighted by Crippen LogP contribution is 2.28. The van der Waals surface area contributed by atoms with E-state index in [4.69, 9.17) is 0 Å². The van der Waals surface area contributed by atoms with E-state index >= 15 is 0 Å². The van der Waals surface area contributed by atoms with Crippen molar-refractivity contribution in [3.05, 3.63) is 51.7 Å². The van der Waals surface area contributed by atoms with Crippen LogP contribution in [0, 0.1) is 12.7 Å². The zero-order valence-electron chi connectivity index (χ0n) is 11.0. The number of benzene rings is 1. The zero-order chi connectivity index (χ0) is 13.2. The Morgan fingerprint density at radius 2 is 2.16 bits per heavy atom. The van der Waals surface area contributed by atoms with Crippen molar-refractivity contribution in [2.24, 2.45) is 0 Å². The van der Waals surface area contributed by atoms with E-state index in [9.17, 15) is 4.39 Å². The minimum absolute atomic E-state index is 0.156. The largest absolute Gasteiger partial charge is 0.297 e. The molecule has 1 unspecified atom stereocenters. The number of likely N-dealkylation sites (tertiary alicyclic amines) is 1. The normalized spacial score (nSPS) is 20.0. The van der Waals surface area contributed by atoms with E-state index in [1.807, 2.05) is 19.1 Å². The number of halogens is 1. The molecule has 0 bridgehead atoms. The van der Waals surface area contributed by atoms with E-state index in [0.717, 1.165) is 31.1 Å². The Morgan fingerprint density at radius 1 is 1.37 bits per heavy atom. The second-order valence-corrected chi connectivity index (χ2v) is 6.19. The number of nitrogens with zero attached hydrogens (tertiary/aromatic N) is 2. The monoisotopic (exact) mass is 276 g/mol. The summed E-state index contributed by atoms with van der Waals surface area (Å²) in [6, 6.07) is 6.94. The van der Waals surface area contributed by atoms with Crippen molar-refractivity contribution in [2.45, 2.75) is 25.8 Å². The minimum Gasteiger partial charge on any atom is -0.297 e. The van der Waals surface area contributed by atoms with Crippen molar-refractivity contribution >= 4 is 11.3 Å². The molecule has 100 valence electrons. The number of hydrogen-bond acceptors (Lipinski definition) is 3. The average molecular weight is 276 g/mol. The van der Waals surface area contributed by atoms with Crippen LogP contribution < -0.4 is 0 Å². The lowest BCUT2D eigenvalue weighted by Crippen LogP contribution is -2.19. The van der Waals surface area contributed by atoms with Crippen molar-refractivity contribution in [1.29, 1.82) is 0 Å². The third-order valence-electron chi connectivity index (χ3n) is 3.67. The van der Waals surface area contributed by atoms with Gasteiger partial charge in [-0.1, -0.05) is 12.1 Å².